The van der Waals surface area contributed by atoms with Crippen molar-refractivity contribution in [2.45, 2.75) is 38.0 Å². The van der Waals surface area contributed by atoms with E-state index in [1.165, 1.54) is 18.7 Å². The average Bonchev–Trinajstić information content (AvgIpc) is 2.72. The van der Waals surface area contributed by atoms with Gasteiger partial charge >= 0.3 is 0 Å². The van der Waals surface area contributed by atoms with Gasteiger partial charge in [-0.2, -0.15) is 0 Å². The van der Waals surface area contributed by atoms with E-state index in [1.54, 1.807) is 22.8 Å². The summed E-state index contributed by atoms with van der Waals surface area (Å²) in [5, 5.41) is 3.85. The van der Waals surface area contributed by atoms with Crippen LogP contribution in [0.2, 0.25) is 0 Å². The number of hydrogen-bond donors (Lipinski definition) is 1. The zero-order valence-corrected chi connectivity index (χ0v) is 17.2. The van der Waals surface area contributed by atoms with E-state index in [4.69, 9.17) is 0 Å². The third-order valence-electron chi connectivity index (χ3n) is 4.58. The van der Waals surface area contributed by atoms with Crippen molar-refractivity contribution in [2.24, 2.45) is 0 Å². The Morgan fingerprint density at radius 3 is 2.48 bits per heavy atom. The molecule has 6 nitrogen and oxygen atoms in total. The predicted molar refractivity (Wildman–Crippen MR) is 115 cm³/mol. The summed E-state index contributed by atoms with van der Waals surface area (Å²) in [4.78, 5) is 41.6. The van der Waals surface area contributed by atoms with Gasteiger partial charge in [-0.3, -0.25) is 19.0 Å². The largest absolute Gasteiger partial charge is 0.345 e. The number of fused-ring (bicyclic) bond motifs is 1. The van der Waals surface area contributed by atoms with Crippen LogP contribution in [0.5, 0.6) is 0 Å². The maximum Gasteiger partial charge on any atom is 0.262 e. The van der Waals surface area contributed by atoms with Crippen LogP contribution in [0.3, 0.4) is 0 Å². The summed E-state index contributed by atoms with van der Waals surface area (Å²) in [6.45, 7) is 3.80. The molecule has 7 heteroatoms. The number of para-hydroxylation sites is 1. The lowest BCUT2D eigenvalue weighted by atomic mass is 10.0. The van der Waals surface area contributed by atoms with Crippen molar-refractivity contribution in [1.29, 1.82) is 0 Å². The molecule has 0 unspecified atom stereocenters. The van der Waals surface area contributed by atoms with Gasteiger partial charge in [-0.1, -0.05) is 54.2 Å². The summed E-state index contributed by atoms with van der Waals surface area (Å²) < 4.78 is 1.56. The van der Waals surface area contributed by atoms with E-state index >= 15 is 0 Å². The molecular formula is C22H23N3O3S. The lowest BCUT2D eigenvalue weighted by molar-refractivity contribution is -0.125. The van der Waals surface area contributed by atoms with Crippen LogP contribution in [-0.2, 0) is 22.6 Å². The van der Waals surface area contributed by atoms with Gasteiger partial charge in [0, 0.05) is 6.54 Å². The number of rotatable bonds is 8. The van der Waals surface area contributed by atoms with Crippen molar-refractivity contribution in [3.8, 4) is 0 Å². The molecular weight excluding hydrogens is 386 g/mol. The quantitative estimate of drug-likeness (QED) is 0.457. The second kappa shape index (κ2) is 9.52. The number of amides is 1. The summed E-state index contributed by atoms with van der Waals surface area (Å²) in [7, 11) is 0. The molecule has 29 heavy (non-hydrogen) atoms. The Hall–Kier alpha value is -2.93. The summed E-state index contributed by atoms with van der Waals surface area (Å²) in [5.41, 5.74) is 1.47. The van der Waals surface area contributed by atoms with Crippen LogP contribution in [-0.4, -0.2) is 33.0 Å². The Morgan fingerprint density at radius 2 is 1.79 bits per heavy atom. The highest BCUT2D eigenvalue weighted by Crippen LogP contribution is 2.17. The highest BCUT2D eigenvalue weighted by molar-refractivity contribution is 7.99. The number of aromatic nitrogens is 2. The van der Waals surface area contributed by atoms with Crippen LogP contribution in [0.15, 0.2) is 64.5 Å². The van der Waals surface area contributed by atoms with Gasteiger partial charge in [-0.05, 0) is 38.0 Å². The number of carbonyl (C=O) groups is 2. The minimum atomic E-state index is -0.580. The second-order valence-electron chi connectivity index (χ2n) is 6.67. The van der Waals surface area contributed by atoms with Crippen LogP contribution in [0.1, 0.15) is 19.4 Å². The summed E-state index contributed by atoms with van der Waals surface area (Å²) in [6.07, 6.45) is 0.445. The first-order valence-corrected chi connectivity index (χ1v) is 10.4. The Morgan fingerprint density at radius 1 is 1.10 bits per heavy atom. The van der Waals surface area contributed by atoms with Gasteiger partial charge in [0.2, 0.25) is 5.91 Å². The average molecular weight is 410 g/mol. The molecule has 3 rings (SSSR count). The molecule has 1 aromatic heterocycles. The number of hydrogen-bond acceptors (Lipinski definition) is 5. The molecule has 0 aliphatic rings. The van der Waals surface area contributed by atoms with E-state index in [2.05, 4.69) is 10.3 Å². The molecule has 0 fully saturated rings. The maximum absolute atomic E-state index is 12.7. The van der Waals surface area contributed by atoms with Crippen LogP contribution in [0, 0.1) is 0 Å². The molecule has 1 amide bonds. The van der Waals surface area contributed by atoms with Crippen LogP contribution >= 0.6 is 11.8 Å². The van der Waals surface area contributed by atoms with Crippen molar-refractivity contribution in [1.82, 2.24) is 14.9 Å². The smallest absolute Gasteiger partial charge is 0.262 e. The highest BCUT2D eigenvalue weighted by atomic mass is 32.2. The minimum Gasteiger partial charge on any atom is -0.345 e. The standard InChI is InChI=1S/C22H23N3O3S/c1-3-25-21(28)17-11-7-8-12-18(17)24-22(25)29-14-20(27)23-19(15(2)26)13-16-9-5-4-6-10-16/h4-12,19H,3,13-14H2,1-2H3,(H,23,27)/t19-/m0/s1. The van der Waals surface area contributed by atoms with Crippen molar-refractivity contribution < 1.29 is 9.59 Å². The van der Waals surface area contributed by atoms with Gasteiger partial charge in [0.1, 0.15) is 0 Å². The fourth-order valence-corrected chi connectivity index (χ4v) is 3.92. The monoisotopic (exact) mass is 409 g/mol. The molecule has 1 heterocycles. The third-order valence-corrected chi connectivity index (χ3v) is 5.56. The Bertz CT molecular complexity index is 1080. The van der Waals surface area contributed by atoms with E-state index in [0.717, 1.165) is 5.56 Å². The van der Waals surface area contributed by atoms with E-state index in [1.807, 2.05) is 43.3 Å². The maximum atomic E-state index is 12.7. The summed E-state index contributed by atoms with van der Waals surface area (Å²) in [5.74, 6) is -0.290. The molecule has 0 aliphatic carbocycles. The van der Waals surface area contributed by atoms with Crippen molar-refractivity contribution in [3.05, 3.63) is 70.5 Å². The van der Waals surface area contributed by atoms with Crippen LogP contribution < -0.4 is 10.9 Å². The number of ketones is 1. The zero-order valence-electron chi connectivity index (χ0n) is 16.4. The van der Waals surface area contributed by atoms with Gasteiger partial charge in [0.25, 0.3) is 5.56 Å². The first-order valence-electron chi connectivity index (χ1n) is 9.45. The van der Waals surface area contributed by atoms with Gasteiger partial charge < -0.3 is 5.32 Å². The number of thioether (sulfide) groups is 1. The third kappa shape index (κ3) is 5.12. The molecule has 0 saturated heterocycles. The molecule has 1 atom stereocenters. The molecule has 1 N–H and O–H groups in total. The number of carbonyl (C=O) groups excluding carboxylic acids is 2. The molecule has 0 radical (unpaired) electrons. The fourth-order valence-electron chi connectivity index (χ4n) is 3.05. The fraction of sp³-hybridized carbons (Fsp3) is 0.273. The van der Waals surface area contributed by atoms with Crippen LogP contribution in [0.25, 0.3) is 10.9 Å². The SMILES string of the molecule is CCn1c(SCC(=O)N[C@@H](Cc2ccccc2)C(C)=O)nc2ccccc2c1=O. The lowest BCUT2D eigenvalue weighted by Crippen LogP contribution is -2.42. The van der Waals surface area contributed by atoms with Crippen molar-refractivity contribution in [3.63, 3.8) is 0 Å². The summed E-state index contributed by atoms with van der Waals surface area (Å²) in [6, 6.07) is 16.2. The van der Waals surface area contributed by atoms with E-state index in [0.29, 0.717) is 29.0 Å². The molecule has 0 saturated carbocycles. The first-order chi connectivity index (χ1) is 14.0. The Kier molecular flexibility index (Phi) is 6.82. The number of benzene rings is 2. The van der Waals surface area contributed by atoms with Crippen LogP contribution in [0.4, 0.5) is 0 Å². The number of Topliss-reactive ketones (excluding diaryl/α,β-unsaturated/α-hetero) is 1. The topological polar surface area (TPSA) is 81.1 Å². The highest BCUT2D eigenvalue weighted by Gasteiger charge is 2.19. The van der Waals surface area contributed by atoms with E-state index < -0.39 is 6.04 Å². The molecule has 150 valence electrons. The molecule has 0 spiro atoms. The first kappa shape index (κ1) is 20.8. The second-order valence-corrected chi connectivity index (χ2v) is 7.61. The molecule has 3 aromatic rings. The van der Waals surface area contributed by atoms with Gasteiger partial charge in [0.05, 0.1) is 22.7 Å². The Balaban J connectivity index is 1.71. The molecule has 0 bridgehead atoms. The Labute approximate surface area is 173 Å². The predicted octanol–water partition coefficient (Wildman–Crippen LogP) is 2.83. The molecule has 2 aromatic carbocycles. The zero-order chi connectivity index (χ0) is 20.8. The molecule has 0 aliphatic heterocycles. The lowest BCUT2D eigenvalue weighted by Gasteiger charge is -2.16. The summed E-state index contributed by atoms with van der Waals surface area (Å²) >= 11 is 1.20. The van der Waals surface area contributed by atoms with Gasteiger partial charge in [0.15, 0.2) is 10.9 Å². The van der Waals surface area contributed by atoms with Gasteiger partial charge in [-0.25, -0.2) is 4.98 Å². The van der Waals surface area contributed by atoms with Crippen molar-refractivity contribution >= 4 is 34.4 Å². The number of nitrogens with one attached hydrogen (secondary N) is 1. The van der Waals surface area contributed by atoms with E-state index in [-0.39, 0.29) is 23.0 Å². The normalized spacial score (nSPS) is 11.9. The number of nitrogens with zero attached hydrogens (tertiary/aromatic N) is 2. The van der Waals surface area contributed by atoms with Gasteiger partial charge in [-0.15, -0.1) is 0 Å². The van der Waals surface area contributed by atoms with Crippen molar-refractivity contribution in [2.75, 3.05) is 5.75 Å². The minimum absolute atomic E-state index is 0.0728. The van der Waals surface area contributed by atoms with E-state index in [9.17, 15) is 14.4 Å².